The lowest BCUT2D eigenvalue weighted by molar-refractivity contribution is -0.158. The minimum Gasteiger partial charge on any atom is -0.393 e. The van der Waals surface area contributed by atoms with Gasteiger partial charge in [-0.15, -0.1) is 0 Å². The molecule has 1 saturated carbocycles. The molecule has 3 nitrogen and oxygen atoms in total. The van der Waals surface area contributed by atoms with Gasteiger partial charge in [0.25, 0.3) is 0 Å². The average Bonchev–Trinajstić information content (AvgIpc) is 2.39. The summed E-state index contributed by atoms with van der Waals surface area (Å²) < 4.78 is 4.72. The number of hydrogen-bond acceptors (Lipinski definition) is 3. The number of cyclic esters (lactones) is 2. The van der Waals surface area contributed by atoms with Crippen molar-refractivity contribution in [2.45, 2.75) is 39.5 Å². The molecule has 1 saturated heterocycles. The summed E-state index contributed by atoms with van der Waals surface area (Å²) in [6.45, 7) is 4.13. The van der Waals surface area contributed by atoms with E-state index in [2.05, 4.69) is 13.8 Å². The topological polar surface area (TPSA) is 43.4 Å². The van der Waals surface area contributed by atoms with E-state index in [4.69, 9.17) is 4.74 Å². The van der Waals surface area contributed by atoms with Crippen LogP contribution in [0.3, 0.4) is 0 Å². The molecule has 1 aliphatic heterocycles. The van der Waals surface area contributed by atoms with E-state index < -0.39 is 5.41 Å². The molecule has 1 heterocycles. The fourth-order valence-corrected chi connectivity index (χ4v) is 3.03. The molecule has 0 aromatic rings. The molecule has 2 aliphatic rings. The van der Waals surface area contributed by atoms with Gasteiger partial charge >= 0.3 is 11.9 Å². The Hall–Kier alpha value is -0.860. The zero-order chi connectivity index (χ0) is 10.3. The Morgan fingerprint density at radius 1 is 1.21 bits per heavy atom. The first-order chi connectivity index (χ1) is 6.57. The van der Waals surface area contributed by atoms with Gasteiger partial charge in [0.15, 0.2) is 0 Å². The van der Waals surface area contributed by atoms with Gasteiger partial charge in [-0.3, -0.25) is 9.59 Å². The molecule has 78 valence electrons. The second-order valence-corrected chi connectivity index (χ2v) is 4.71. The van der Waals surface area contributed by atoms with E-state index >= 15 is 0 Å². The van der Waals surface area contributed by atoms with E-state index in [0.717, 1.165) is 19.3 Å². The van der Waals surface area contributed by atoms with Gasteiger partial charge in [0, 0.05) is 0 Å². The van der Waals surface area contributed by atoms with E-state index in [-0.39, 0.29) is 23.8 Å². The second kappa shape index (κ2) is 3.07. The zero-order valence-electron chi connectivity index (χ0n) is 8.71. The van der Waals surface area contributed by atoms with E-state index in [0.29, 0.717) is 6.42 Å². The van der Waals surface area contributed by atoms with Crippen LogP contribution in [0.25, 0.3) is 0 Å². The van der Waals surface area contributed by atoms with Gasteiger partial charge in [0.05, 0.1) is 11.8 Å². The van der Waals surface area contributed by atoms with Crippen LogP contribution in [0.1, 0.15) is 39.5 Å². The molecule has 3 heteroatoms. The molecule has 1 spiro atoms. The highest BCUT2D eigenvalue weighted by molar-refractivity contribution is 5.97. The number of carbonyl (C=O) groups excluding carboxylic acids is 2. The molecule has 0 aromatic heterocycles. The SMILES string of the molecule is CC1CCCC(C)C12CC(=O)OC2=O. The van der Waals surface area contributed by atoms with Crippen molar-refractivity contribution in [3.8, 4) is 0 Å². The van der Waals surface area contributed by atoms with E-state index in [9.17, 15) is 9.59 Å². The highest BCUT2D eigenvalue weighted by Gasteiger charge is 2.56. The zero-order valence-corrected chi connectivity index (χ0v) is 8.71. The van der Waals surface area contributed by atoms with Gasteiger partial charge < -0.3 is 4.74 Å². The molecule has 0 N–H and O–H groups in total. The first-order valence-corrected chi connectivity index (χ1v) is 5.32. The second-order valence-electron chi connectivity index (χ2n) is 4.71. The summed E-state index contributed by atoms with van der Waals surface area (Å²) in [7, 11) is 0. The molecule has 1 aliphatic carbocycles. The number of hydrogen-bond donors (Lipinski definition) is 0. The maximum Gasteiger partial charge on any atom is 0.320 e. The summed E-state index contributed by atoms with van der Waals surface area (Å²) in [5, 5.41) is 0. The molecule has 2 unspecified atom stereocenters. The van der Waals surface area contributed by atoms with Gasteiger partial charge in [-0.1, -0.05) is 20.3 Å². The van der Waals surface area contributed by atoms with Crippen molar-refractivity contribution >= 4 is 11.9 Å². The largest absolute Gasteiger partial charge is 0.393 e. The summed E-state index contributed by atoms with van der Waals surface area (Å²) in [5.74, 6) is -0.0480. The summed E-state index contributed by atoms with van der Waals surface area (Å²) in [4.78, 5) is 22.9. The Morgan fingerprint density at radius 2 is 1.79 bits per heavy atom. The van der Waals surface area contributed by atoms with Crippen molar-refractivity contribution in [3.63, 3.8) is 0 Å². The highest BCUT2D eigenvalue weighted by atomic mass is 16.6. The molecule has 0 radical (unpaired) electrons. The summed E-state index contributed by atoms with van der Waals surface area (Å²) >= 11 is 0. The first kappa shape index (κ1) is 9.69. The average molecular weight is 196 g/mol. The molecule has 2 rings (SSSR count). The van der Waals surface area contributed by atoms with Crippen LogP contribution in [0.15, 0.2) is 0 Å². The molecule has 2 fully saturated rings. The number of rotatable bonds is 0. The minimum absolute atomic E-state index is 0.276. The lowest BCUT2D eigenvalue weighted by Crippen LogP contribution is -2.42. The maximum absolute atomic E-state index is 11.7. The van der Waals surface area contributed by atoms with Crippen molar-refractivity contribution in [1.29, 1.82) is 0 Å². The predicted octanol–water partition coefficient (Wildman–Crippen LogP) is 1.90. The fourth-order valence-electron chi connectivity index (χ4n) is 3.03. The standard InChI is InChI=1S/C11H16O3/c1-7-4-3-5-8(2)11(7)6-9(12)14-10(11)13/h7-8H,3-6H2,1-2H3. The number of ether oxygens (including phenoxy) is 1. The van der Waals surface area contributed by atoms with Crippen LogP contribution in [0, 0.1) is 17.3 Å². The molecular weight excluding hydrogens is 180 g/mol. The van der Waals surface area contributed by atoms with Gasteiger partial charge in [-0.05, 0) is 24.7 Å². The number of esters is 2. The minimum atomic E-state index is -0.491. The Balaban J connectivity index is 2.35. The maximum atomic E-state index is 11.7. The Bertz CT molecular complexity index is 272. The normalized spacial score (nSPS) is 43.0. The van der Waals surface area contributed by atoms with Crippen molar-refractivity contribution < 1.29 is 14.3 Å². The molecule has 14 heavy (non-hydrogen) atoms. The van der Waals surface area contributed by atoms with Gasteiger partial charge in [0.2, 0.25) is 0 Å². The molecular formula is C11H16O3. The lowest BCUT2D eigenvalue weighted by atomic mass is 9.60. The highest BCUT2D eigenvalue weighted by Crippen LogP contribution is 2.51. The van der Waals surface area contributed by atoms with Crippen molar-refractivity contribution in [2.24, 2.45) is 17.3 Å². The van der Waals surface area contributed by atoms with Crippen LogP contribution in [-0.2, 0) is 14.3 Å². The van der Waals surface area contributed by atoms with Crippen LogP contribution in [0.2, 0.25) is 0 Å². The predicted molar refractivity (Wildman–Crippen MR) is 50.3 cm³/mol. The van der Waals surface area contributed by atoms with Crippen LogP contribution in [-0.4, -0.2) is 11.9 Å². The smallest absolute Gasteiger partial charge is 0.320 e. The fraction of sp³-hybridized carbons (Fsp3) is 0.818. The molecule has 2 atom stereocenters. The summed E-state index contributed by atoms with van der Waals surface area (Å²) in [5.41, 5.74) is -0.491. The summed E-state index contributed by atoms with van der Waals surface area (Å²) in [6, 6.07) is 0. The van der Waals surface area contributed by atoms with Crippen molar-refractivity contribution in [2.75, 3.05) is 0 Å². The third-order valence-electron chi connectivity index (χ3n) is 4.06. The lowest BCUT2D eigenvalue weighted by Gasteiger charge is -2.40. The van der Waals surface area contributed by atoms with Gasteiger partial charge in [0.1, 0.15) is 0 Å². The van der Waals surface area contributed by atoms with E-state index in [1.807, 2.05) is 0 Å². The van der Waals surface area contributed by atoms with Crippen LogP contribution < -0.4 is 0 Å². The molecule has 0 amide bonds. The van der Waals surface area contributed by atoms with E-state index in [1.165, 1.54) is 0 Å². The van der Waals surface area contributed by atoms with Crippen molar-refractivity contribution in [1.82, 2.24) is 0 Å². The van der Waals surface area contributed by atoms with Crippen LogP contribution in [0.4, 0.5) is 0 Å². The molecule has 0 bridgehead atoms. The third kappa shape index (κ3) is 1.11. The Morgan fingerprint density at radius 3 is 2.21 bits per heavy atom. The van der Waals surface area contributed by atoms with Crippen LogP contribution >= 0.6 is 0 Å². The van der Waals surface area contributed by atoms with Crippen LogP contribution in [0.5, 0.6) is 0 Å². The Labute approximate surface area is 83.8 Å². The molecule has 0 aromatic carbocycles. The monoisotopic (exact) mass is 196 g/mol. The quantitative estimate of drug-likeness (QED) is 0.439. The third-order valence-corrected chi connectivity index (χ3v) is 4.06. The van der Waals surface area contributed by atoms with Gasteiger partial charge in [-0.2, -0.15) is 0 Å². The Kier molecular flexibility index (Phi) is 2.13. The van der Waals surface area contributed by atoms with E-state index in [1.54, 1.807) is 0 Å². The number of carbonyl (C=O) groups is 2. The van der Waals surface area contributed by atoms with Crippen molar-refractivity contribution in [3.05, 3.63) is 0 Å². The summed E-state index contributed by atoms with van der Waals surface area (Å²) in [6.07, 6.45) is 3.53. The van der Waals surface area contributed by atoms with Gasteiger partial charge in [-0.25, -0.2) is 0 Å². The first-order valence-electron chi connectivity index (χ1n) is 5.32.